The van der Waals surface area contributed by atoms with Crippen LogP contribution >= 0.6 is 11.6 Å². The molecule has 0 aliphatic carbocycles. The first-order chi connectivity index (χ1) is 5.11. The van der Waals surface area contributed by atoms with Gasteiger partial charge >= 0.3 is 0 Å². The molecule has 0 amide bonds. The van der Waals surface area contributed by atoms with Crippen LogP contribution in [0, 0.1) is 6.92 Å². The largest absolute Gasteiger partial charge is 0.389 e. The van der Waals surface area contributed by atoms with Crippen molar-refractivity contribution in [3.63, 3.8) is 0 Å². The van der Waals surface area contributed by atoms with E-state index in [1.165, 1.54) is 0 Å². The van der Waals surface area contributed by atoms with Gasteiger partial charge in [0.05, 0.1) is 6.10 Å². The lowest BCUT2D eigenvalue weighted by atomic mass is 10.1. The van der Waals surface area contributed by atoms with Crippen LogP contribution in [-0.4, -0.2) is 10.1 Å². The summed E-state index contributed by atoms with van der Waals surface area (Å²) in [7, 11) is 0. The summed E-state index contributed by atoms with van der Waals surface area (Å²) in [6, 6.07) is 3.46. The van der Waals surface area contributed by atoms with Crippen LogP contribution in [0.1, 0.15) is 24.3 Å². The second-order valence-corrected chi connectivity index (χ2v) is 2.87. The molecule has 0 unspecified atom stereocenters. The number of aromatic nitrogens is 1. The Balaban J connectivity index is 3.09. The molecule has 0 fully saturated rings. The molecule has 1 heterocycles. The Morgan fingerprint density at radius 2 is 2.18 bits per heavy atom. The molecule has 1 N–H and O–H groups in total. The Morgan fingerprint density at radius 3 is 2.64 bits per heavy atom. The minimum atomic E-state index is -0.472. The minimum absolute atomic E-state index is 0.465. The fraction of sp³-hybridized carbons (Fsp3) is 0.375. The number of nitrogens with zero attached hydrogens (tertiary/aromatic N) is 1. The third-order valence-electron chi connectivity index (χ3n) is 1.54. The van der Waals surface area contributed by atoms with Gasteiger partial charge < -0.3 is 5.11 Å². The van der Waals surface area contributed by atoms with Gasteiger partial charge in [0.25, 0.3) is 0 Å². The highest BCUT2D eigenvalue weighted by Crippen LogP contribution is 2.17. The summed E-state index contributed by atoms with van der Waals surface area (Å²) in [5.74, 6) is 0. The Morgan fingerprint density at radius 1 is 1.55 bits per heavy atom. The number of aliphatic hydroxyl groups excluding tert-OH is 1. The maximum atomic E-state index is 9.21. The van der Waals surface area contributed by atoms with Gasteiger partial charge in [0.1, 0.15) is 5.15 Å². The van der Waals surface area contributed by atoms with Crippen LogP contribution in [0.25, 0.3) is 0 Å². The molecule has 0 bridgehead atoms. The molecule has 1 aromatic rings. The van der Waals surface area contributed by atoms with Crippen LogP contribution in [0.3, 0.4) is 0 Å². The van der Waals surface area contributed by atoms with Crippen LogP contribution in [0.15, 0.2) is 12.1 Å². The molecule has 2 nitrogen and oxygen atoms in total. The Labute approximate surface area is 70.8 Å². The van der Waals surface area contributed by atoms with E-state index in [4.69, 9.17) is 11.6 Å². The smallest absolute Gasteiger partial charge is 0.129 e. The van der Waals surface area contributed by atoms with Gasteiger partial charge in [0.15, 0.2) is 0 Å². The average Bonchev–Trinajstić information content (AvgIpc) is 1.85. The van der Waals surface area contributed by atoms with E-state index in [0.717, 1.165) is 11.3 Å². The highest BCUT2D eigenvalue weighted by molar-refractivity contribution is 6.29. The van der Waals surface area contributed by atoms with Crippen molar-refractivity contribution in [3.05, 3.63) is 28.5 Å². The van der Waals surface area contributed by atoms with Crippen molar-refractivity contribution in [2.24, 2.45) is 0 Å². The highest BCUT2D eigenvalue weighted by atomic mass is 35.5. The average molecular weight is 172 g/mol. The number of hydrogen-bond acceptors (Lipinski definition) is 2. The summed E-state index contributed by atoms with van der Waals surface area (Å²) in [5, 5.41) is 9.68. The summed E-state index contributed by atoms with van der Waals surface area (Å²) in [4.78, 5) is 4.00. The number of aliphatic hydroxyl groups is 1. The molecule has 1 aromatic heterocycles. The molecule has 60 valence electrons. The van der Waals surface area contributed by atoms with Crippen molar-refractivity contribution in [2.45, 2.75) is 20.0 Å². The molecule has 0 aromatic carbocycles. The predicted octanol–water partition coefficient (Wildman–Crippen LogP) is 2.10. The normalized spacial score (nSPS) is 13.1. The Bertz CT molecular complexity index is 260. The Kier molecular flexibility index (Phi) is 2.47. The van der Waals surface area contributed by atoms with E-state index in [1.807, 2.05) is 6.92 Å². The summed E-state index contributed by atoms with van der Waals surface area (Å²) in [5.41, 5.74) is 1.61. The summed E-state index contributed by atoms with van der Waals surface area (Å²) in [6.45, 7) is 3.53. The fourth-order valence-electron chi connectivity index (χ4n) is 0.983. The maximum absolute atomic E-state index is 9.21. The number of halogens is 1. The lowest BCUT2D eigenvalue weighted by Crippen LogP contribution is -1.96. The van der Waals surface area contributed by atoms with Crippen LogP contribution in [0.2, 0.25) is 5.15 Å². The SMILES string of the molecule is Cc1nc(Cl)ccc1[C@H](C)O. The van der Waals surface area contributed by atoms with Crippen LogP contribution in [0.5, 0.6) is 0 Å². The standard InChI is InChI=1S/C8H10ClNO/c1-5-7(6(2)11)3-4-8(9)10-5/h3-4,6,11H,1-2H3/t6-/m0/s1. The molecule has 3 heteroatoms. The lowest BCUT2D eigenvalue weighted by Gasteiger charge is -2.06. The molecule has 0 aliphatic rings. The molecule has 0 saturated heterocycles. The van der Waals surface area contributed by atoms with Crippen molar-refractivity contribution in [1.82, 2.24) is 4.98 Å². The van der Waals surface area contributed by atoms with E-state index >= 15 is 0 Å². The predicted molar refractivity (Wildman–Crippen MR) is 44.6 cm³/mol. The molecule has 0 aliphatic heterocycles. The summed E-state index contributed by atoms with van der Waals surface area (Å²) in [6.07, 6.45) is -0.472. The van der Waals surface area contributed by atoms with Gasteiger partial charge in [-0.3, -0.25) is 0 Å². The number of hydrogen-bond donors (Lipinski definition) is 1. The number of rotatable bonds is 1. The van der Waals surface area contributed by atoms with E-state index < -0.39 is 6.10 Å². The first-order valence-electron chi connectivity index (χ1n) is 3.42. The Hall–Kier alpha value is -0.600. The van der Waals surface area contributed by atoms with Gasteiger partial charge in [-0.25, -0.2) is 4.98 Å². The topological polar surface area (TPSA) is 33.1 Å². The van der Waals surface area contributed by atoms with Crippen LogP contribution in [-0.2, 0) is 0 Å². The first-order valence-corrected chi connectivity index (χ1v) is 3.80. The van der Waals surface area contributed by atoms with E-state index in [0.29, 0.717) is 5.15 Å². The molecule has 0 radical (unpaired) electrons. The maximum Gasteiger partial charge on any atom is 0.129 e. The quantitative estimate of drug-likeness (QED) is 0.657. The first kappa shape index (κ1) is 8.50. The zero-order valence-corrected chi connectivity index (χ0v) is 7.26. The van der Waals surface area contributed by atoms with Crippen LogP contribution < -0.4 is 0 Å². The number of aryl methyl sites for hydroxylation is 1. The molecule has 0 saturated carbocycles. The van der Waals surface area contributed by atoms with Gasteiger partial charge in [0, 0.05) is 11.3 Å². The third kappa shape index (κ3) is 1.91. The molecule has 1 atom stereocenters. The van der Waals surface area contributed by atoms with Crippen molar-refractivity contribution >= 4 is 11.6 Å². The monoisotopic (exact) mass is 171 g/mol. The second-order valence-electron chi connectivity index (χ2n) is 2.48. The van der Waals surface area contributed by atoms with Gasteiger partial charge in [-0.2, -0.15) is 0 Å². The molecule has 11 heavy (non-hydrogen) atoms. The minimum Gasteiger partial charge on any atom is -0.389 e. The van der Waals surface area contributed by atoms with E-state index in [9.17, 15) is 5.11 Å². The highest BCUT2D eigenvalue weighted by Gasteiger charge is 2.04. The van der Waals surface area contributed by atoms with E-state index in [-0.39, 0.29) is 0 Å². The van der Waals surface area contributed by atoms with Crippen molar-refractivity contribution in [3.8, 4) is 0 Å². The fourth-order valence-corrected chi connectivity index (χ4v) is 1.17. The molecule has 0 spiro atoms. The van der Waals surface area contributed by atoms with Crippen molar-refractivity contribution in [1.29, 1.82) is 0 Å². The summed E-state index contributed by atoms with van der Waals surface area (Å²) < 4.78 is 0. The van der Waals surface area contributed by atoms with Crippen molar-refractivity contribution < 1.29 is 5.11 Å². The van der Waals surface area contributed by atoms with Gasteiger partial charge in [-0.05, 0) is 19.9 Å². The van der Waals surface area contributed by atoms with E-state index in [2.05, 4.69) is 4.98 Å². The van der Waals surface area contributed by atoms with Crippen molar-refractivity contribution in [2.75, 3.05) is 0 Å². The van der Waals surface area contributed by atoms with Gasteiger partial charge in [0.2, 0.25) is 0 Å². The number of pyridine rings is 1. The van der Waals surface area contributed by atoms with E-state index in [1.54, 1.807) is 19.1 Å². The molecular weight excluding hydrogens is 162 g/mol. The van der Waals surface area contributed by atoms with Gasteiger partial charge in [-0.1, -0.05) is 17.7 Å². The zero-order chi connectivity index (χ0) is 8.43. The summed E-state index contributed by atoms with van der Waals surface area (Å²) >= 11 is 5.63. The lowest BCUT2D eigenvalue weighted by molar-refractivity contribution is 0.198. The van der Waals surface area contributed by atoms with Crippen LogP contribution in [0.4, 0.5) is 0 Å². The van der Waals surface area contributed by atoms with Gasteiger partial charge in [-0.15, -0.1) is 0 Å². The third-order valence-corrected chi connectivity index (χ3v) is 1.75. The molecule has 1 rings (SSSR count). The second kappa shape index (κ2) is 3.20. The molecular formula is C8H10ClNO. The zero-order valence-electron chi connectivity index (χ0n) is 6.50.